The van der Waals surface area contributed by atoms with Gasteiger partial charge in [0.1, 0.15) is 0 Å². The molecule has 0 aromatic heterocycles. The lowest BCUT2D eigenvalue weighted by atomic mass is 10.2. The van der Waals surface area contributed by atoms with Gasteiger partial charge >= 0.3 is 5.97 Å². The van der Waals surface area contributed by atoms with Crippen LogP contribution in [-0.4, -0.2) is 12.8 Å². The van der Waals surface area contributed by atoms with Crippen LogP contribution in [-0.2, 0) is 20.9 Å². The van der Waals surface area contributed by atoms with Gasteiger partial charge in [-0.25, -0.2) is 0 Å². The molecule has 1 aromatic rings. The van der Waals surface area contributed by atoms with Gasteiger partial charge < -0.3 is 9.47 Å². The first-order valence-corrected chi connectivity index (χ1v) is 5.14. The van der Waals surface area contributed by atoms with E-state index in [-0.39, 0.29) is 31.1 Å². The Morgan fingerprint density at radius 3 is 2.56 bits per heavy atom. The van der Waals surface area contributed by atoms with Crippen molar-refractivity contribution in [2.24, 2.45) is 5.92 Å². The molecule has 0 N–H and O–H groups in total. The second-order valence-electron chi connectivity index (χ2n) is 3.69. The molecule has 1 aliphatic rings. The molecule has 0 amide bonds. The fraction of sp³-hybridized carbons (Fsp3) is 0.417. The van der Waals surface area contributed by atoms with Crippen molar-refractivity contribution in [1.29, 1.82) is 0 Å². The number of benzene rings is 1. The summed E-state index contributed by atoms with van der Waals surface area (Å²) in [7, 11) is 0. The number of esters is 1. The number of hydrogen-bond acceptors (Lipinski definition) is 3. The first-order valence-electron chi connectivity index (χ1n) is 5.14. The Morgan fingerprint density at radius 2 is 1.94 bits per heavy atom. The summed E-state index contributed by atoms with van der Waals surface area (Å²) >= 11 is 0. The van der Waals surface area contributed by atoms with Gasteiger partial charge in [-0.2, -0.15) is 0 Å². The zero-order valence-electron chi connectivity index (χ0n) is 8.93. The minimum atomic E-state index is -0.122. The summed E-state index contributed by atoms with van der Waals surface area (Å²) in [6, 6.07) is 9.81. The van der Waals surface area contributed by atoms with Crippen molar-refractivity contribution in [3.05, 3.63) is 35.9 Å². The summed E-state index contributed by atoms with van der Waals surface area (Å²) in [5, 5.41) is 0. The van der Waals surface area contributed by atoms with Gasteiger partial charge in [0.15, 0.2) is 6.79 Å². The van der Waals surface area contributed by atoms with Crippen LogP contribution in [0.3, 0.4) is 0 Å². The summed E-state index contributed by atoms with van der Waals surface area (Å²) in [6.07, 6.45) is 1.94. The van der Waals surface area contributed by atoms with Crippen molar-refractivity contribution in [2.45, 2.75) is 19.4 Å². The molecule has 16 heavy (non-hydrogen) atoms. The Bertz CT molecular complexity index is 322. The summed E-state index contributed by atoms with van der Waals surface area (Å²) in [5.74, 6) is 0.0217. The molecule has 1 fully saturated rings. The molecule has 1 aliphatic carbocycles. The largest absolute Gasteiger partial charge is 0.438 e. The number of rotatable bonds is 5. The van der Waals surface area contributed by atoms with E-state index in [0.717, 1.165) is 18.4 Å². The van der Waals surface area contributed by atoms with E-state index < -0.39 is 0 Å². The summed E-state index contributed by atoms with van der Waals surface area (Å²) in [4.78, 5) is 11.1. The van der Waals surface area contributed by atoms with Gasteiger partial charge in [-0.3, -0.25) is 4.79 Å². The standard InChI is InChI=1S/C12H14O3.ClH/c13-12(11-6-7-11)15-9-14-8-10-4-2-1-3-5-10;/h1-5,11H,6-9H2;1H. The summed E-state index contributed by atoms with van der Waals surface area (Å²) < 4.78 is 10.2. The van der Waals surface area contributed by atoms with E-state index in [4.69, 9.17) is 9.47 Å². The number of carbonyl (C=O) groups excluding carboxylic acids is 1. The van der Waals surface area contributed by atoms with Crippen molar-refractivity contribution in [3.8, 4) is 0 Å². The van der Waals surface area contributed by atoms with E-state index in [9.17, 15) is 4.79 Å². The second-order valence-corrected chi connectivity index (χ2v) is 3.69. The van der Waals surface area contributed by atoms with E-state index in [2.05, 4.69) is 0 Å². The molecule has 0 aliphatic heterocycles. The maximum absolute atomic E-state index is 11.1. The van der Waals surface area contributed by atoms with Crippen LogP contribution < -0.4 is 0 Å². The predicted molar refractivity (Wildman–Crippen MR) is 62.2 cm³/mol. The molecule has 0 atom stereocenters. The molecule has 1 saturated carbocycles. The highest BCUT2D eigenvalue weighted by atomic mass is 35.5. The average Bonchev–Trinajstić information content (AvgIpc) is 3.09. The number of carbonyl (C=O) groups is 1. The number of hydrogen-bond donors (Lipinski definition) is 0. The fourth-order valence-electron chi connectivity index (χ4n) is 1.27. The SMILES string of the molecule is Cl.O=C(OCOCc1ccccc1)C1CC1. The van der Waals surface area contributed by atoms with Crippen LogP contribution in [0.2, 0.25) is 0 Å². The van der Waals surface area contributed by atoms with E-state index in [0.29, 0.717) is 6.61 Å². The predicted octanol–water partition coefficient (Wildman–Crippen LogP) is 2.54. The lowest BCUT2D eigenvalue weighted by Gasteiger charge is -2.05. The Hall–Kier alpha value is -1.06. The topological polar surface area (TPSA) is 35.5 Å². The molecule has 0 unspecified atom stereocenters. The molecule has 0 radical (unpaired) electrons. The highest BCUT2D eigenvalue weighted by Gasteiger charge is 2.31. The van der Waals surface area contributed by atoms with Crippen molar-refractivity contribution in [2.75, 3.05) is 6.79 Å². The Morgan fingerprint density at radius 1 is 1.25 bits per heavy atom. The first kappa shape index (κ1) is 13.0. The van der Waals surface area contributed by atoms with E-state index in [1.807, 2.05) is 30.3 Å². The van der Waals surface area contributed by atoms with Crippen LogP contribution in [0, 0.1) is 5.92 Å². The minimum Gasteiger partial charge on any atom is -0.438 e. The molecule has 2 rings (SSSR count). The van der Waals surface area contributed by atoms with Gasteiger partial charge in [-0.1, -0.05) is 30.3 Å². The molecule has 3 nitrogen and oxygen atoms in total. The summed E-state index contributed by atoms with van der Waals surface area (Å²) in [6.45, 7) is 0.545. The smallest absolute Gasteiger partial charge is 0.311 e. The van der Waals surface area contributed by atoms with Crippen molar-refractivity contribution >= 4 is 18.4 Å². The zero-order chi connectivity index (χ0) is 10.5. The third-order valence-electron chi connectivity index (χ3n) is 2.31. The molecule has 0 heterocycles. The zero-order valence-corrected chi connectivity index (χ0v) is 9.74. The third kappa shape index (κ3) is 4.21. The lowest BCUT2D eigenvalue weighted by Crippen LogP contribution is -2.09. The van der Waals surface area contributed by atoms with Gasteiger partial charge in [0.25, 0.3) is 0 Å². The van der Waals surface area contributed by atoms with Crippen molar-refractivity contribution in [1.82, 2.24) is 0 Å². The van der Waals surface area contributed by atoms with Crippen LogP contribution in [0.4, 0.5) is 0 Å². The highest BCUT2D eigenvalue weighted by Crippen LogP contribution is 2.29. The van der Waals surface area contributed by atoms with E-state index >= 15 is 0 Å². The maximum Gasteiger partial charge on any atom is 0.311 e. The highest BCUT2D eigenvalue weighted by molar-refractivity contribution is 5.85. The second kappa shape index (κ2) is 6.51. The van der Waals surface area contributed by atoms with Gasteiger partial charge in [-0.15, -0.1) is 12.4 Å². The van der Waals surface area contributed by atoms with Crippen LogP contribution in [0.25, 0.3) is 0 Å². The molecular weight excluding hydrogens is 228 g/mol. The minimum absolute atomic E-state index is 0. The van der Waals surface area contributed by atoms with Gasteiger partial charge in [0.05, 0.1) is 12.5 Å². The lowest BCUT2D eigenvalue weighted by molar-refractivity contribution is -0.158. The van der Waals surface area contributed by atoms with Crippen LogP contribution in [0.1, 0.15) is 18.4 Å². The Kier molecular flexibility index (Phi) is 5.29. The monoisotopic (exact) mass is 242 g/mol. The quantitative estimate of drug-likeness (QED) is 0.452. The van der Waals surface area contributed by atoms with Gasteiger partial charge in [0.2, 0.25) is 0 Å². The normalized spacial score (nSPS) is 14.0. The van der Waals surface area contributed by atoms with Crippen LogP contribution >= 0.6 is 12.4 Å². The van der Waals surface area contributed by atoms with Crippen molar-refractivity contribution < 1.29 is 14.3 Å². The maximum atomic E-state index is 11.1. The average molecular weight is 243 g/mol. The number of ether oxygens (including phenoxy) is 2. The molecule has 1 aromatic carbocycles. The molecule has 88 valence electrons. The summed E-state index contributed by atoms with van der Waals surface area (Å²) in [5.41, 5.74) is 1.08. The van der Waals surface area contributed by atoms with Crippen LogP contribution in [0.15, 0.2) is 30.3 Å². The fourth-order valence-corrected chi connectivity index (χ4v) is 1.27. The molecule has 0 bridgehead atoms. The van der Waals surface area contributed by atoms with Crippen molar-refractivity contribution in [3.63, 3.8) is 0 Å². The van der Waals surface area contributed by atoms with E-state index in [1.165, 1.54) is 0 Å². The molecular formula is C12H15ClO3. The Labute approximate surface area is 101 Å². The van der Waals surface area contributed by atoms with Gasteiger partial charge in [0, 0.05) is 0 Å². The Balaban J connectivity index is 0.00000128. The molecule has 4 heteroatoms. The third-order valence-corrected chi connectivity index (χ3v) is 2.31. The van der Waals surface area contributed by atoms with E-state index in [1.54, 1.807) is 0 Å². The van der Waals surface area contributed by atoms with Crippen LogP contribution in [0.5, 0.6) is 0 Å². The molecule has 0 spiro atoms. The number of halogens is 1. The molecule has 0 saturated heterocycles. The van der Waals surface area contributed by atoms with Gasteiger partial charge in [-0.05, 0) is 18.4 Å². The first-order chi connectivity index (χ1) is 7.36.